The van der Waals surface area contributed by atoms with Crippen molar-refractivity contribution in [3.63, 3.8) is 0 Å². The van der Waals surface area contributed by atoms with E-state index in [0.29, 0.717) is 17.4 Å². The van der Waals surface area contributed by atoms with Crippen molar-refractivity contribution < 1.29 is 0 Å². The zero-order valence-corrected chi connectivity index (χ0v) is 19.1. The molecule has 4 atom stereocenters. The molecule has 2 aromatic heterocycles. The number of aromatic nitrogens is 3. The Morgan fingerprint density at radius 1 is 0.912 bits per heavy atom. The van der Waals surface area contributed by atoms with Gasteiger partial charge in [0.05, 0.1) is 5.69 Å². The highest BCUT2D eigenvalue weighted by Crippen LogP contribution is 2.74. The minimum absolute atomic E-state index is 0.0214. The first-order valence-corrected chi connectivity index (χ1v) is 12.0. The van der Waals surface area contributed by atoms with Crippen LogP contribution in [0.5, 0.6) is 0 Å². The van der Waals surface area contributed by atoms with Gasteiger partial charge in [-0.3, -0.25) is 14.3 Å². The van der Waals surface area contributed by atoms with Crippen LogP contribution in [0.15, 0.2) is 90.0 Å². The number of benzene rings is 2. The molecule has 5 heteroatoms. The van der Waals surface area contributed by atoms with Crippen LogP contribution in [0.1, 0.15) is 24.3 Å². The fourth-order valence-corrected chi connectivity index (χ4v) is 6.56. The van der Waals surface area contributed by atoms with Crippen LogP contribution >= 0.6 is 0 Å². The molecule has 168 valence electrons. The molecule has 2 aromatic carbocycles. The van der Waals surface area contributed by atoms with Crippen LogP contribution < -0.4 is 10.5 Å². The van der Waals surface area contributed by atoms with Crippen LogP contribution in [0.25, 0.3) is 22.4 Å². The molecule has 7 rings (SSSR count). The predicted molar refractivity (Wildman–Crippen MR) is 134 cm³/mol. The molecular formula is C29H26N4O. The summed E-state index contributed by atoms with van der Waals surface area (Å²) in [6.45, 7) is 1.00. The van der Waals surface area contributed by atoms with Gasteiger partial charge in [0.15, 0.2) is 0 Å². The standard InChI is InChI=1S/C29H26N4O/c1-32-26(34)16-25(22-11-13-30-14-12-22)31-28(32)33-18-29-17-23(29)15-24(27(29)33)21-9-7-20(8-10-21)19-5-3-2-4-6-19/h2-14,16,23-24,27H,15,17-18H2,1H3. The molecule has 2 aliphatic carbocycles. The van der Waals surface area contributed by atoms with Gasteiger partial charge in [0.25, 0.3) is 5.56 Å². The molecule has 34 heavy (non-hydrogen) atoms. The summed E-state index contributed by atoms with van der Waals surface area (Å²) in [6, 6.07) is 25.5. The third-order valence-electron chi connectivity index (χ3n) is 8.38. The second kappa shape index (κ2) is 7.13. The van der Waals surface area contributed by atoms with Gasteiger partial charge in [0.1, 0.15) is 0 Å². The first-order chi connectivity index (χ1) is 16.6. The van der Waals surface area contributed by atoms with Crippen molar-refractivity contribution in [2.24, 2.45) is 18.4 Å². The highest BCUT2D eigenvalue weighted by Gasteiger charge is 2.74. The van der Waals surface area contributed by atoms with Crippen LogP contribution in [-0.2, 0) is 7.05 Å². The SMILES string of the molecule is Cn1c(N2CC34CC3CC(c3ccc(-c5ccccc5)cc3)C24)nc(-c2ccncc2)cc1=O. The monoisotopic (exact) mass is 446 g/mol. The molecule has 3 heterocycles. The molecule has 0 bridgehead atoms. The van der Waals surface area contributed by atoms with Crippen molar-refractivity contribution in [3.05, 3.63) is 101 Å². The van der Waals surface area contributed by atoms with E-state index in [9.17, 15) is 4.79 Å². The Hall–Kier alpha value is -3.73. The molecule has 4 unspecified atom stereocenters. The number of rotatable bonds is 4. The van der Waals surface area contributed by atoms with Crippen molar-refractivity contribution in [1.29, 1.82) is 0 Å². The molecule has 0 amide bonds. The van der Waals surface area contributed by atoms with Gasteiger partial charge in [-0.1, -0.05) is 54.6 Å². The van der Waals surface area contributed by atoms with Gasteiger partial charge in [-0.15, -0.1) is 0 Å². The lowest BCUT2D eigenvalue weighted by atomic mass is 9.78. The normalized spacial score (nSPS) is 26.5. The number of pyridine rings is 1. The predicted octanol–water partition coefficient (Wildman–Crippen LogP) is 4.89. The number of hydrogen-bond donors (Lipinski definition) is 0. The Balaban J connectivity index is 1.23. The van der Waals surface area contributed by atoms with Crippen molar-refractivity contribution in [3.8, 4) is 22.4 Å². The lowest BCUT2D eigenvalue weighted by Crippen LogP contribution is -2.60. The van der Waals surface area contributed by atoms with E-state index in [2.05, 4.69) is 64.5 Å². The molecule has 0 radical (unpaired) electrons. The smallest absolute Gasteiger partial charge is 0.255 e. The molecule has 1 aliphatic heterocycles. The van der Waals surface area contributed by atoms with Crippen molar-refractivity contribution >= 4 is 5.95 Å². The largest absolute Gasteiger partial charge is 0.337 e. The maximum absolute atomic E-state index is 12.9. The molecule has 4 aromatic rings. The maximum Gasteiger partial charge on any atom is 0.255 e. The molecule has 1 spiro atoms. The first-order valence-electron chi connectivity index (χ1n) is 12.0. The van der Waals surface area contributed by atoms with Gasteiger partial charge in [-0.05, 0) is 47.6 Å². The minimum atomic E-state index is -0.0214. The van der Waals surface area contributed by atoms with Crippen molar-refractivity contribution in [2.45, 2.75) is 24.8 Å². The summed E-state index contributed by atoms with van der Waals surface area (Å²) in [5.74, 6) is 2.06. The lowest BCUT2D eigenvalue weighted by Gasteiger charge is -2.51. The van der Waals surface area contributed by atoms with Gasteiger partial charge in [0, 0.05) is 55.0 Å². The number of anilines is 1. The van der Waals surface area contributed by atoms with Crippen molar-refractivity contribution in [2.75, 3.05) is 11.4 Å². The molecule has 5 nitrogen and oxygen atoms in total. The Kier molecular flexibility index (Phi) is 4.14. The lowest BCUT2D eigenvalue weighted by molar-refractivity contribution is 0.257. The number of hydrogen-bond acceptors (Lipinski definition) is 4. The van der Waals surface area contributed by atoms with Crippen LogP contribution in [0.3, 0.4) is 0 Å². The van der Waals surface area contributed by atoms with E-state index in [1.165, 1.54) is 29.5 Å². The van der Waals surface area contributed by atoms with Crippen LogP contribution in [0.4, 0.5) is 5.95 Å². The van der Waals surface area contributed by atoms with E-state index >= 15 is 0 Å². The Bertz CT molecular complexity index is 1430. The third kappa shape index (κ3) is 2.82. The van der Waals surface area contributed by atoms with Gasteiger partial charge in [-0.2, -0.15) is 0 Å². The Labute approximate surface area is 198 Å². The summed E-state index contributed by atoms with van der Waals surface area (Å²) >= 11 is 0. The summed E-state index contributed by atoms with van der Waals surface area (Å²) in [6.07, 6.45) is 6.02. The average Bonchev–Trinajstić information content (AvgIpc) is 3.55. The van der Waals surface area contributed by atoms with Crippen LogP contribution in [-0.4, -0.2) is 27.1 Å². The topological polar surface area (TPSA) is 51.0 Å². The van der Waals surface area contributed by atoms with Gasteiger partial charge in [0.2, 0.25) is 5.95 Å². The highest BCUT2D eigenvalue weighted by molar-refractivity contribution is 5.64. The molecule has 1 saturated heterocycles. The molecular weight excluding hydrogens is 420 g/mol. The van der Waals surface area contributed by atoms with E-state index < -0.39 is 0 Å². The van der Waals surface area contributed by atoms with E-state index in [1.807, 2.05) is 19.2 Å². The second-order valence-electron chi connectivity index (χ2n) is 10.1. The summed E-state index contributed by atoms with van der Waals surface area (Å²) in [4.78, 5) is 24.3. The quantitative estimate of drug-likeness (QED) is 0.448. The minimum Gasteiger partial charge on any atom is -0.337 e. The Morgan fingerprint density at radius 3 is 2.41 bits per heavy atom. The summed E-state index contributed by atoms with van der Waals surface area (Å²) in [5, 5.41) is 0. The summed E-state index contributed by atoms with van der Waals surface area (Å²) in [7, 11) is 1.84. The van der Waals surface area contributed by atoms with Gasteiger partial charge in [-0.25, -0.2) is 4.98 Å². The molecule has 3 aliphatic rings. The third-order valence-corrected chi connectivity index (χ3v) is 8.38. The van der Waals surface area contributed by atoms with Gasteiger partial charge < -0.3 is 4.90 Å². The van der Waals surface area contributed by atoms with E-state index in [0.717, 1.165) is 29.7 Å². The average molecular weight is 447 g/mol. The Morgan fingerprint density at radius 2 is 1.65 bits per heavy atom. The van der Waals surface area contributed by atoms with E-state index in [4.69, 9.17) is 4.98 Å². The zero-order valence-electron chi connectivity index (χ0n) is 19.1. The first kappa shape index (κ1) is 19.7. The molecule has 2 saturated carbocycles. The number of nitrogens with zero attached hydrogens (tertiary/aromatic N) is 4. The van der Waals surface area contributed by atoms with Crippen LogP contribution in [0.2, 0.25) is 0 Å². The van der Waals surface area contributed by atoms with Crippen LogP contribution in [0, 0.1) is 11.3 Å². The molecule has 0 N–H and O–H groups in total. The summed E-state index contributed by atoms with van der Waals surface area (Å²) < 4.78 is 1.71. The maximum atomic E-state index is 12.9. The van der Waals surface area contributed by atoms with Crippen molar-refractivity contribution in [1.82, 2.24) is 14.5 Å². The fourth-order valence-electron chi connectivity index (χ4n) is 6.56. The summed E-state index contributed by atoms with van der Waals surface area (Å²) in [5.41, 5.74) is 5.93. The highest BCUT2D eigenvalue weighted by atomic mass is 16.1. The van der Waals surface area contributed by atoms with E-state index in [-0.39, 0.29) is 5.56 Å². The zero-order chi connectivity index (χ0) is 22.9. The van der Waals surface area contributed by atoms with Gasteiger partial charge >= 0.3 is 0 Å². The van der Waals surface area contributed by atoms with E-state index in [1.54, 1.807) is 23.0 Å². The molecule has 3 fully saturated rings. The second-order valence-corrected chi connectivity index (χ2v) is 10.1. The fraction of sp³-hybridized carbons (Fsp3) is 0.276.